The Hall–Kier alpha value is -2.19. The number of rotatable bonds is 3. The first-order chi connectivity index (χ1) is 11.8. The fourth-order valence-corrected chi connectivity index (χ4v) is 4.90. The minimum atomic E-state index is 0.175. The fourth-order valence-electron chi connectivity index (χ4n) is 3.51. The van der Waals surface area contributed by atoms with Crippen LogP contribution in [-0.2, 0) is 12.8 Å². The third-order valence-corrected chi connectivity index (χ3v) is 6.06. The van der Waals surface area contributed by atoms with E-state index in [1.54, 1.807) is 0 Å². The lowest BCUT2D eigenvalue weighted by molar-refractivity contribution is 0.103. The number of benzene rings is 2. The number of carbonyl (C=O) groups excluding carboxylic acids is 1. The third kappa shape index (κ3) is 2.83. The number of ketones is 1. The molecular formula is C22H20OS. The molecule has 4 rings (SSSR count). The van der Waals surface area contributed by atoms with Gasteiger partial charge >= 0.3 is 0 Å². The molecule has 2 aromatic carbocycles. The number of hydrogen-bond donors (Lipinski definition) is 0. The quantitative estimate of drug-likeness (QED) is 0.430. The molecule has 0 saturated carbocycles. The third-order valence-electron chi connectivity index (χ3n) is 4.72. The number of thiophene rings is 1. The Morgan fingerprint density at radius 3 is 2.21 bits per heavy atom. The van der Waals surface area contributed by atoms with Gasteiger partial charge in [0.1, 0.15) is 0 Å². The van der Waals surface area contributed by atoms with Gasteiger partial charge in [0.2, 0.25) is 0 Å². The molecule has 1 aliphatic rings. The molecule has 120 valence electrons. The highest BCUT2D eigenvalue weighted by molar-refractivity contribution is 7.16. The highest BCUT2D eigenvalue weighted by atomic mass is 32.1. The second-order valence-corrected chi connectivity index (χ2v) is 7.43. The van der Waals surface area contributed by atoms with Crippen LogP contribution in [0.4, 0.5) is 0 Å². The van der Waals surface area contributed by atoms with Crippen molar-refractivity contribution in [3.63, 3.8) is 0 Å². The number of aryl methyl sites for hydroxylation is 1. The van der Waals surface area contributed by atoms with Gasteiger partial charge in [-0.25, -0.2) is 0 Å². The predicted octanol–water partition coefficient (Wildman–Crippen LogP) is 5.92. The van der Waals surface area contributed by atoms with Gasteiger partial charge in [-0.05, 0) is 36.8 Å². The van der Waals surface area contributed by atoms with Crippen LogP contribution in [0.25, 0.3) is 10.4 Å². The van der Waals surface area contributed by atoms with Crippen molar-refractivity contribution in [2.45, 2.75) is 32.1 Å². The first-order valence-corrected chi connectivity index (χ1v) is 9.46. The van der Waals surface area contributed by atoms with E-state index < -0.39 is 0 Å². The first-order valence-electron chi connectivity index (χ1n) is 8.64. The second kappa shape index (κ2) is 6.74. The van der Waals surface area contributed by atoms with Gasteiger partial charge in [0.05, 0.1) is 0 Å². The zero-order chi connectivity index (χ0) is 16.4. The fraction of sp³-hybridized carbons (Fsp3) is 0.227. The molecule has 1 heterocycles. The Morgan fingerprint density at radius 1 is 0.792 bits per heavy atom. The van der Waals surface area contributed by atoms with Crippen molar-refractivity contribution in [2.24, 2.45) is 0 Å². The van der Waals surface area contributed by atoms with Gasteiger partial charge < -0.3 is 0 Å². The minimum Gasteiger partial charge on any atom is -0.289 e. The molecule has 1 aromatic heterocycles. The largest absolute Gasteiger partial charge is 0.289 e. The molecular weight excluding hydrogens is 312 g/mol. The van der Waals surface area contributed by atoms with Crippen molar-refractivity contribution in [1.82, 2.24) is 0 Å². The molecule has 0 atom stereocenters. The minimum absolute atomic E-state index is 0.175. The summed E-state index contributed by atoms with van der Waals surface area (Å²) in [5.74, 6) is 0.175. The second-order valence-electron chi connectivity index (χ2n) is 6.33. The highest BCUT2D eigenvalue weighted by Gasteiger charge is 2.25. The summed E-state index contributed by atoms with van der Waals surface area (Å²) in [4.78, 5) is 15.9. The number of fused-ring (bicyclic) bond motifs is 1. The van der Waals surface area contributed by atoms with E-state index in [0.29, 0.717) is 0 Å². The lowest BCUT2D eigenvalue weighted by Gasteiger charge is -2.07. The smallest absolute Gasteiger partial charge is 0.194 e. The average Bonchev–Trinajstić information content (AvgIpc) is 2.85. The van der Waals surface area contributed by atoms with Gasteiger partial charge in [0, 0.05) is 20.9 Å². The molecule has 0 radical (unpaired) electrons. The monoisotopic (exact) mass is 332 g/mol. The maximum atomic E-state index is 13.3. The summed E-state index contributed by atoms with van der Waals surface area (Å²) in [6.45, 7) is 0. The van der Waals surface area contributed by atoms with Crippen LogP contribution in [0.1, 0.15) is 45.6 Å². The van der Waals surface area contributed by atoms with Gasteiger partial charge in [-0.3, -0.25) is 4.79 Å². The molecule has 3 aromatic rings. The van der Waals surface area contributed by atoms with Gasteiger partial charge in [-0.2, -0.15) is 0 Å². The summed E-state index contributed by atoms with van der Waals surface area (Å²) in [5.41, 5.74) is 4.22. The van der Waals surface area contributed by atoms with Crippen molar-refractivity contribution in [3.8, 4) is 10.4 Å². The summed E-state index contributed by atoms with van der Waals surface area (Å²) in [7, 11) is 0. The Balaban J connectivity index is 1.90. The molecule has 0 aliphatic heterocycles. The van der Waals surface area contributed by atoms with Crippen LogP contribution in [0, 0.1) is 0 Å². The van der Waals surface area contributed by atoms with E-state index in [0.717, 1.165) is 34.4 Å². The molecule has 0 fully saturated rings. The summed E-state index contributed by atoms with van der Waals surface area (Å²) < 4.78 is 0. The Kier molecular flexibility index (Phi) is 4.31. The van der Waals surface area contributed by atoms with E-state index in [4.69, 9.17) is 0 Å². The summed E-state index contributed by atoms with van der Waals surface area (Å²) >= 11 is 1.83. The Bertz CT molecular complexity index is 846. The van der Waals surface area contributed by atoms with E-state index in [9.17, 15) is 4.79 Å². The first kappa shape index (κ1) is 15.3. The zero-order valence-electron chi connectivity index (χ0n) is 13.6. The van der Waals surface area contributed by atoms with E-state index in [2.05, 4.69) is 24.3 Å². The topological polar surface area (TPSA) is 17.1 Å². The normalized spacial score (nSPS) is 14.0. The van der Waals surface area contributed by atoms with Crippen molar-refractivity contribution in [3.05, 3.63) is 82.2 Å². The van der Waals surface area contributed by atoms with Crippen molar-refractivity contribution in [2.75, 3.05) is 0 Å². The molecule has 0 bridgehead atoms. The van der Waals surface area contributed by atoms with Crippen molar-refractivity contribution >= 4 is 17.1 Å². The Labute approximate surface area is 147 Å². The zero-order valence-corrected chi connectivity index (χ0v) is 14.4. The number of hydrogen-bond acceptors (Lipinski definition) is 2. The molecule has 2 heteroatoms. The van der Waals surface area contributed by atoms with Gasteiger partial charge in [-0.15, -0.1) is 11.3 Å². The molecule has 1 nitrogen and oxygen atoms in total. The molecule has 0 amide bonds. The maximum Gasteiger partial charge on any atom is 0.194 e. The van der Waals surface area contributed by atoms with Crippen molar-refractivity contribution < 1.29 is 4.79 Å². The predicted molar refractivity (Wildman–Crippen MR) is 101 cm³/mol. The van der Waals surface area contributed by atoms with Gasteiger partial charge in [0.25, 0.3) is 0 Å². The van der Waals surface area contributed by atoms with Crippen LogP contribution in [0.5, 0.6) is 0 Å². The van der Waals surface area contributed by atoms with E-state index >= 15 is 0 Å². The summed E-state index contributed by atoms with van der Waals surface area (Å²) in [6, 6.07) is 20.1. The molecule has 0 saturated heterocycles. The maximum absolute atomic E-state index is 13.3. The average molecular weight is 332 g/mol. The molecule has 0 spiro atoms. The lowest BCUT2D eigenvalue weighted by Crippen LogP contribution is -2.05. The van der Waals surface area contributed by atoms with E-state index in [-0.39, 0.29) is 5.78 Å². The highest BCUT2D eigenvalue weighted by Crippen LogP contribution is 2.40. The summed E-state index contributed by atoms with van der Waals surface area (Å²) in [5, 5.41) is 0. The molecule has 1 aliphatic carbocycles. The van der Waals surface area contributed by atoms with Gasteiger partial charge in [0.15, 0.2) is 5.78 Å². The van der Waals surface area contributed by atoms with Crippen LogP contribution in [0.15, 0.2) is 60.7 Å². The van der Waals surface area contributed by atoms with Crippen LogP contribution in [0.3, 0.4) is 0 Å². The van der Waals surface area contributed by atoms with Crippen LogP contribution < -0.4 is 0 Å². The van der Waals surface area contributed by atoms with Crippen molar-refractivity contribution in [1.29, 1.82) is 0 Å². The summed E-state index contributed by atoms with van der Waals surface area (Å²) in [6.07, 6.45) is 5.84. The van der Waals surface area contributed by atoms with Crippen LogP contribution >= 0.6 is 11.3 Å². The number of carbonyl (C=O) groups is 1. The molecule has 0 unspecified atom stereocenters. The Morgan fingerprint density at radius 2 is 1.46 bits per heavy atom. The van der Waals surface area contributed by atoms with Crippen LogP contribution in [0.2, 0.25) is 0 Å². The van der Waals surface area contributed by atoms with E-state index in [1.807, 2.05) is 47.7 Å². The molecule has 0 N–H and O–H groups in total. The SMILES string of the molecule is O=C(c1ccccc1)c1c(-c2ccccc2)sc2c1CCCCC2. The molecule has 24 heavy (non-hydrogen) atoms. The van der Waals surface area contributed by atoms with E-state index in [1.165, 1.54) is 29.7 Å². The standard InChI is InChI=1S/C22H20OS/c23-21(16-10-4-1-5-11-16)20-18-14-8-3-9-15-19(18)24-22(20)17-12-6-2-7-13-17/h1-2,4-7,10-13H,3,8-9,14-15H2. The van der Waals surface area contributed by atoms with Crippen LogP contribution in [-0.4, -0.2) is 5.78 Å². The lowest BCUT2D eigenvalue weighted by atomic mass is 9.94. The van der Waals surface area contributed by atoms with Gasteiger partial charge in [-0.1, -0.05) is 67.1 Å².